The molecular weight excluding hydrogens is 236 g/mol. The van der Waals surface area contributed by atoms with Gasteiger partial charge >= 0.3 is 0 Å². The van der Waals surface area contributed by atoms with Gasteiger partial charge in [0.15, 0.2) is 0 Å². The van der Waals surface area contributed by atoms with Crippen LogP contribution in [-0.4, -0.2) is 18.0 Å². The molecule has 0 unspecified atom stereocenters. The molecule has 1 aliphatic carbocycles. The van der Waals surface area contributed by atoms with E-state index < -0.39 is 0 Å². The van der Waals surface area contributed by atoms with Crippen LogP contribution in [0.4, 0.5) is 0 Å². The molecule has 3 rings (SSSR count). The Labute approximate surface area is 114 Å². The Kier molecular flexibility index (Phi) is 3.31. The Morgan fingerprint density at radius 3 is 2.89 bits per heavy atom. The summed E-state index contributed by atoms with van der Waals surface area (Å²) >= 11 is 0. The van der Waals surface area contributed by atoms with E-state index in [9.17, 15) is 4.79 Å². The molecule has 2 aliphatic rings. The highest BCUT2D eigenvalue weighted by molar-refractivity contribution is 5.95. The number of hydrogen-bond acceptors (Lipinski definition) is 2. The van der Waals surface area contributed by atoms with Gasteiger partial charge in [-0.2, -0.15) is 0 Å². The minimum absolute atomic E-state index is 0.0746. The molecule has 1 saturated carbocycles. The van der Waals surface area contributed by atoms with Crippen molar-refractivity contribution in [2.75, 3.05) is 6.54 Å². The van der Waals surface area contributed by atoms with Crippen molar-refractivity contribution in [1.29, 1.82) is 0 Å². The van der Waals surface area contributed by atoms with E-state index in [1.807, 2.05) is 6.07 Å². The normalized spacial score (nSPS) is 20.3. The predicted octanol–water partition coefficient (Wildman–Crippen LogP) is 2.39. The van der Waals surface area contributed by atoms with Crippen LogP contribution in [0.3, 0.4) is 0 Å². The lowest BCUT2D eigenvalue weighted by atomic mass is 9.74. The lowest BCUT2D eigenvalue weighted by Crippen LogP contribution is -2.53. The van der Waals surface area contributed by atoms with Crippen molar-refractivity contribution < 1.29 is 4.79 Å². The maximum Gasteiger partial charge on any atom is 0.251 e. The molecule has 1 amide bonds. The highest BCUT2D eigenvalue weighted by atomic mass is 16.1. The van der Waals surface area contributed by atoms with E-state index in [-0.39, 0.29) is 11.4 Å². The van der Waals surface area contributed by atoms with E-state index >= 15 is 0 Å². The van der Waals surface area contributed by atoms with Crippen molar-refractivity contribution in [3.05, 3.63) is 34.9 Å². The molecule has 1 heterocycles. The van der Waals surface area contributed by atoms with Gasteiger partial charge in [0, 0.05) is 17.6 Å². The molecule has 1 aromatic rings. The van der Waals surface area contributed by atoms with Gasteiger partial charge < -0.3 is 10.6 Å². The van der Waals surface area contributed by atoms with Crippen LogP contribution < -0.4 is 10.6 Å². The Bertz CT molecular complexity index is 486. The molecule has 0 bridgehead atoms. The molecule has 2 N–H and O–H groups in total. The highest BCUT2D eigenvalue weighted by Crippen LogP contribution is 2.34. The van der Waals surface area contributed by atoms with E-state index in [1.54, 1.807) is 0 Å². The fraction of sp³-hybridized carbons (Fsp3) is 0.562. The third kappa shape index (κ3) is 2.39. The Morgan fingerprint density at radius 1 is 1.37 bits per heavy atom. The third-order valence-electron chi connectivity index (χ3n) is 4.72. The van der Waals surface area contributed by atoms with Crippen molar-refractivity contribution in [2.45, 2.75) is 51.1 Å². The zero-order chi connectivity index (χ0) is 13.3. The van der Waals surface area contributed by atoms with Gasteiger partial charge in [0.05, 0.1) is 0 Å². The number of carbonyl (C=O) groups is 1. The maximum atomic E-state index is 12.4. The van der Waals surface area contributed by atoms with Crippen LogP contribution in [0.15, 0.2) is 18.2 Å². The first-order valence-electron chi connectivity index (χ1n) is 7.37. The van der Waals surface area contributed by atoms with Crippen LogP contribution in [0.2, 0.25) is 0 Å². The number of fused-ring (bicyclic) bond motifs is 1. The number of benzene rings is 1. The van der Waals surface area contributed by atoms with Crippen LogP contribution in [0.25, 0.3) is 0 Å². The average molecular weight is 258 g/mol. The minimum atomic E-state index is 0.0746. The second-order valence-corrected chi connectivity index (χ2v) is 5.85. The molecule has 3 nitrogen and oxygen atoms in total. The van der Waals surface area contributed by atoms with Gasteiger partial charge in [-0.1, -0.05) is 13.0 Å². The van der Waals surface area contributed by atoms with E-state index in [2.05, 4.69) is 29.7 Å². The topological polar surface area (TPSA) is 41.1 Å². The van der Waals surface area contributed by atoms with Gasteiger partial charge in [0.1, 0.15) is 0 Å². The standard InChI is InChI=1S/C16H22N2O/c1-2-16(7-3-8-16)18-15(19)13-5-4-12-6-9-17-11-14(12)10-13/h4-5,10,17H,2-3,6-9,11H2,1H3,(H,18,19). The summed E-state index contributed by atoms with van der Waals surface area (Å²) in [5.74, 6) is 0.0925. The van der Waals surface area contributed by atoms with Crippen LogP contribution in [0.1, 0.15) is 54.1 Å². The van der Waals surface area contributed by atoms with E-state index in [0.29, 0.717) is 0 Å². The summed E-state index contributed by atoms with van der Waals surface area (Å²) in [6, 6.07) is 6.14. The summed E-state index contributed by atoms with van der Waals surface area (Å²) < 4.78 is 0. The zero-order valence-electron chi connectivity index (χ0n) is 11.6. The number of amides is 1. The summed E-state index contributed by atoms with van der Waals surface area (Å²) in [6.45, 7) is 4.09. The van der Waals surface area contributed by atoms with Crippen molar-refractivity contribution >= 4 is 5.91 Å². The van der Waals surface area contributed by atoms with Gasteiger partial charge in [-0.3, -0.25) is 4.79 Å². The third-order valence-corrected chi connectivity index (χ3v) is 4.72. The molecule has 1 fully saturated rings. The molecule has 1 aromatic carbocycles. The maximum absolute atomic E-state index is 12.4. The summed E-state index contributed by atoms with van der Waals surface area (Å²) in [7, 11) is 0. The predicted molar refractivity (Wildman–Crippen MR) is 76.2 cm³/mol. The molecule has 0 spiro atoms. The molecule has 0 aromatic heterocycles. The second-order valence-electron chi connectivity index (χ2n) is 5.85. The van der Waals surface area contributed by atoms with Crippen molar-refractivity contribution in [3.63, 3.8) is 0 Å². The first-order chi connectivity index (χ1) is 9.22. The Morgan fingerprint density at radius 2 is 2.21 bits per heavy atom. The first kappa shape index (κ1) is 12.7. The number of rotatable bonds is 3. The van der Waals surface area contributed by atoms with Crippen LogP contribution in [0, 0.1) is 0 Å². The van der Waals surface area contributed by atoms with Crippen LogP contribution >= 0.6 is 0 Å². The summed E-state index contributed by atoms with van der Waals surface area (Å²) in [4.78, 5) is 12.4. The molecule has 3 heteroatoms. The highest BCUT2D eigenvalue weighted by Gasteiger charge is 2.36. The number of nitrogens with one attached hydrogen (secondary N) is 2. The van der Waals surface area contributed by atoms with Crippen LogP contribution in [-0.2, 0) is 13.0 Å². The van der Waals surface area contributed by atoms with Gasteiger partial charge in [0.25, 0.3) is 5.91 Å². The van der Waals surface area contributed by atoms with Crippen molar-refractivity contribution in [1.82, 2.24) is 10.6 Å². The lowest BCUT2D eigenvalue weighted by molar-refractivity contribution is 0.0820. The molecule has 1 aliphatic heterocycles. The lowest BCUT2D eigenvalue weighted by Gasteiger charge is -2.42. The quantitative estimate of drug-likeness (QED) is 0.874. The summed E-state index contributed by atoms with van der Waals surface area (Å²) in [5.41, 5.74) is 3.54. The van der Waals surface area contributed by atoms with E-state index in [1.165, 1.54) is 17.5 Å². The minimum Gasteiger partial charge on any atom is -0.347 e. The van der Waals surface area contributed by atoms with Crippen molar-refractivity contribution in [2.24, 2.45) is 0 Å². The largest absolute Gasteiger partial charge is 0.347 e. The fourth-order valence-corrected chi connectivity index (χ4v) is 3.11. The van der Waals surface area contributed by atoms with Gasteiger partial charge in [-0.25, -0.2) is 0 Å². The van der Waals surface area contributed by atoms with Crippen molar-refractivity contribution in [3.8, 4) is 0 Å². The fourth-order valence-electron chi connectivity index (χ4n) is 3.11. The van der Waals surface area contributed by atoms with Gasteiger partial charge in [-0.15, -0.1) is 0 Å². The summed E-state index contributed by atoms with van der Waals surface area (Å²) in [5, 5.41) is 6.60. The average Bonchev–Trinajstić information content (AvgIpc) is 2.42. The molecule has 0 atom stereocenters. The first-order valence-corrected chi connectivity index (χ1v) is 7.37. The molecule has 0 radical (unpaired) electrons. The van der Waals surface area contributed by atoms with Gasteiger partial charge in [-0.05, 0) is 61.9 Å². The van der Waals surface area contributed by atoms with Gasteiger partial charge in [0.2, 0.25) is 0 Å². The van der Waals surface area contributed by atoms with E-state index in [4.69, 9.17) is 0 Å². The zero-order valence-corrected chi connectivity index (χ0v) is 11.6. The summed E-state index contributed by atoms with van der Waals surface area (Å²) in [6.07, 6.45) is 5.59. The SMILES string of the molecule is CCC1(NC(=O)c2ccc3c(c2)CNCC3)CCC1. The van der Waals surface area contributed by atoms with Crippen LogP contribution in [0.5, 0.6) is 0 Å². The van der Waals surface area contributed by atoms with E-state index in [0.717, 1.165) is 44.3 Å². The smallest absolute Gasteiger partial charge is 0.251 e. The molecule has 102 valence electrons. The second kappa shape index (κ2) is 4.97. The Balaban J connectivity index is 1.76. The molecular formula is C16H22N2O. The number of carbonyl (C=O) groups excluding carboxylic acids is 1. The molecule has 19 heavy (non-hydrogen) atoms. The molecule has 0 saturated heterocycles. The Hall–Kier alpha value is -1.35. The number of hydrogen-bond donors (Lipinski definition) is 2. The monoisotopic (exact) mass is 258 g/mol.